The standard InChI is InChI=1S/C20H19NO3/c22-17-9-10-19(20(23)12-17)21-13-16-7-4-8-18(11-16)24-14-15-5-2-1-3-6-15/h1-12,21-23H,13-14H2. The Morgan fingerprint density at radius 2 is 1.58 bits per heavy atom. The van der Waals surface area contributed by atoms with Crippen LogP contribution in [0.5, 0.6) is 17.2 Å². The molecule has 0 aliphatic carbocycles. The van der Waals surface area contributed by atoms with Crippen molar-refractivity contribution in [2.45, 2.75) is 13.2 Å². The van der Waals surface area contributed by atoms with Crippen LogP contribution in [-0.2, 0) is 13.2 Å². The molecule has 3 N–H and O–H groups in total. The lowest BCUT2D eigenvalue weighted by Gasteiger charge is -2.11. The first-order chi connectivity index (χ1) is 11.7. The van der Waals surface area contributed by atoms with Gasteiger partial charge in [0.15, 0.2) is 0 Å². The van der Waals surface area contributed by atoms with Gasteiger partial charge in [0.05, 0.1) is 5.69 Å². The van der Waals surface area contributed by atoms with E-state index in [-0.39, 0.29) is 11.5 Å². The Balaban J connectivity index is 1.60. The van der Waals surface area contributed by atoms with E-state index in [1.54, 1.807) is 6.07 Å². The number of ether oxygens (including phenoxy) is 1. The number of nitrogens with one attached hydrogen (secondary N) is 1. The van der Waals surface area contributed by atoms with E-state index in [9.17, 15) is 10.2 Å². The summed E-state index contributed by atoms with van der Waals surface area (Å²) in [5.41, 5.74) is 2.73. The molecule has 0 unspecified atom stereocenters. The van der Waals surface area contributed by atoms with Gasteiger partial charge < -0.3 is 20.3 Å². The van der Waals surface area contributed by atoms with Crippen molar-refractivity contribution in [1.82, 2.24) is 0 Å². The topological polar surface area (TPSA) is 61.7 Å². The molecule has 4 nitrogen and oxygen atoms in total. The minimum atomic E-state index is 0.0199. The van der Waals surface area contributed by atoms with Gasteiger partial charge in [0.2, 0.25) is 0 Å². The van der Waals surface area contributed by atoms with Gasteiger partial charge in [0.25, 0.3) is 0 Å². The maximum atomic E-state index is 9.79. The summed E-state index contributed by atoms with van der Waals surface area (Å²) in [7, 11) is 0. The fourth-order valence-corrected chi connectivity index (χ4v) is 2.35. The molecule has 0 atom stereocenters. The predicted molar refractivity (Wildman–Crippen MR) is 94.3 cm³/mol. The van der Waals surface area contributed by atoms with Crippen molar-refractivity contribution in [3.05, 3.63) is 83.9 Å². The van der Waals surface area contributed by atoms with Crippen LogP contribution in [-0.4, -0.2) is 10.2 Å². The normalized spacial score (nSPS) is 10.3. The number of hydrogen-bond acceptors (Lipinski definition) is 4. The van der Waals surface area contributed by atoms with Gasteiger partial charge >= 0.3 is 0 Å². The molecule has 3 aromatic rings. The molecule has 0 saturated heterocycles. The van der Waals surface area contributed by atoms with Crippen molar-refractivity contribution in [2.24, 2.45) is 0 Å². The lowest BCUT2D eigenvalue weighted by molar-refractivity contribution is 0.306. The fraction of sp³-hybridized carbons (Fsp3) is 0.100. The summed E-state index contributed by atoms with van der Waals surface area (Å²) in [5, 5.41) is 22.2. The van der Waals surface area contributed by atoms with Crippen LogP contribution in [0, 0.1) is 0 Å². The van der Waals surface area contributed by atoms with E-state index in [1.165, 1.54) is 12.1 Å². The minimum Gasteiger partial charge on any atom is -0.508 e. The molecule has 3 rings (SSSR count). The van der Waals surface area contributed by atoms with Crippen LogP contribution in [0.1, 0.15) is 11.1 Å². The van der Waals surface area contributed by atoms with Crippen LogP contribution in [0.2, 0.25) is 0 Å². The number of benzene rings is 3. The smallest absolute Gasteiger partial charge is 0.142 e. The zero-order valence-corrected chi connectivity index (χ0v) is 13.1. The van der Waals surface area contributed by atoms with E-state index >= 15 is 0 Å². The number of hydrogen-bond donors (Lipinski definition) is 3. The van der Waals surface area contributed by atoms with Crippen LogP contribution in [0.4, 0.5) is 5.69 Å². The quantitative estimate of drug-likeness (QED) is 0.468. The van der Waals surface area contributed by atoms with Crippen molar-refractivity contribution in [2.75, 3.05) is 5.32 Å². The number of rotatable bonds is 6. The Morgan fingerprint density at radius 3 is 2.38 bits per heavy atom. The number of anilines is 1. The molecule has 0 aliphatic heterocycles. The van der Waals surface area contributed by atoms with E-state index in [0.29, 0.717) is 18.8 Å². The highest BCUT2D eigenvalue weighted by Crippen LogP contribution is 2.27. The Kier molecular flexibility index (Phi) is 4.87. The molecule has 24 heavy (non-hydrogen) atoms. The lowest BCUT2D eigenvalue weighted by Crippen LogP contribution is -2.00. The van der Waals surface area contributed by atoms with Gasteiger partial charge in [-0.25, -0.2) is 0 Å². The molecule has 0 bridgehead atoms. The first-order valence-electron chi connectivity index (χ1n) is 7.72. The molecule has 3 aromatic carbocycles. The van der Waals surface area contributed by atoms with Crippen molar-refractivity contribution in [3.63, 3.8) is 0 Å². The molecule has 4 heteroatoms. The molecular formula is C20H19NO3. The lowest BCUT2D eigenvalue weighted by atomic mass is 10.2. The summed E-state index contributed by atoms with van der Waals surface area (Å²) in [4.78, 5) is 0. The Labute approximate surface area is 141 Å². The fourth-order valence-electron chi connectivity index (χ4n) is 2.35. The van der Waals surface area contributed by atoms with Crippen molar-refractivity contribution < 1.29 is 14.9 Å². The van der Waals surface area contributed by atoms with Crippen LogP contribution in [0.15, 0.2) is 72.8 Å². The van der Waals surface area contributed by atoms with Gasteiger partial charge in [-0.2, -0.15) is 0 Å². The SMILES string of the molecule is Oc1ccc(NCc2cccc(OCc3ccccc3)c2)c(O)c1. The molecular weight excluding hydrogens is 302 g/mol. The molecule has 0 fully saturated rings. The summed E-state index contributed by atoms with van der Waals surface area (Å²) in [5.74, 6) is 0.855. The third-order valence-corrected chi connectivity index (χ3v) is 3.61. The van der Waals surface area contributed by atoms with Gasteiger partial charge in [-0.1, -0.05) is 42.5 Å². The molecule has 0 amide bonds. The zero-order chi connectivity index (χ0) is 16.8. The first kappa shape index (κ1) is 15.7. The molecule has 0 spiro atoms. The van der Waals surface area contributed by atoms with E-state index in [0.717, 1.165) is 16.9 Å². The molecule has 0 heterocycles. The summed E-state index contributed by atoms with van der Waals surface area (Å²) < 4.78 is 5.81. The molecule has 0 aliphatic rings. The van der Waals surface area contributed by atoms with Crippen LogP contribution < -0.4 is 10.1 Å². The van der Waals surface area contributed by atoms with Gasteiger partial charge in [0.1, 0.15) is 23.9 Å². The average Bonchev–Trinajstić information content (AvgIpc) is 2.60. The van der Waals surface area contributed by atoms with Crippen LogP contribution in [0.3, 0.4) is 0 Å². The van der Waals surface area contributed by atoms with E-state index in [2.05, 4.69) is 5.32 Å². The second-order valence-corrected chi connectivity index (χ2v) is 5.48. The Hall–Kier alpha value is -3.14. The Bertz CT molecular complexity index is 803. The highest BCUT2D eigenvalue weighted by molar-refractivity contribution is 5.58. The zero-order valence-electron chi connectivity index (χ0n) is 13.1. The van der Waals surface area contributed by atoms with E-state index in [1.807, 2.05) is 54.6 Å². The molecule has 0 aromatic heterocycles. The molecule has 0 saturated carbocycles. The third-order valence-electron chi connectivity index (χ3n) is 3.61. The van der Waals surface area contributed by atoms with Crippen LogP contribution in [0.25, 0.3) is 0 Å². The summed E-state index contributed by atoms with van der Waals surface area (Å²) in [6, 6.07) is 22.3. The maximum absolute atomic E-state index is 9.79. The maximum Gasteiger partial charge on any atom is 0.142 e. The minimum absolute atomic E-state index is 0.0199. The summed E-state index contributed by atoms with van der Waals surface area (Å²) in [6.45, 7) is 1.07. The van der Waals surface area contributed by atoms with Crippen molar-refractivity contribution in [1.29, 1.82) is 0 Å². The van der Waals surface area contributed by atoms with E-state index in [4.69, 9.17) is 4.74 Å². The highest BCUT2D eigenvalue weighted by Gasteiger charge is 2.03. The molecule has 122 valence electrons. The van der Waals surface area contributed by atoms with E-state index < -0.39 is 0 Å². The van der Waals surface area contributed by atoms with Gasteiger partial charge in [0, 0.05) is 12.6 Å². The first-order valence-corrected chi connectivity index (χ1v) is 7.72. The van der Waals surface area contributed by atoms with Gasteiger partial charge in [-0.15, -0.1) is 0 Å². The number of phenolic OH excluding ortho intramolecular Hbond substituents is 2. The third kappa shape index (κ3) is 4.20. The van der Waals surface area contributed by atoms with Gasteiger partial charge in [-0.3, -0.25) is 0 Å². The average molecular weight is 321 g/mol. The second-order valence-electron chi connectivity index (χ2n) is 5.48. The summed E-state index contributed by atoms with van der Waals surface area (Å²) in [6.07, 6.45) is 0. The van der Waals surface area contributed by atoms with Crippen LogP contribution >= 0.6 is 0 Å². The number of aromatic hydroxyl groups is 2. The molecule has 0 radical (unpaired) electrons. The number of phenols is 2. The predicted octanol–water partition coefficient (Wildman–Crippen LogP) is 4.29. The van der Waals surface area contributed by atoms with Crippen molar-refractivity contribution in [3.8, 4) is 17.2 Å². The monoisotopic (exact) mass is 321 g/mol. The summed E-state index contributed by atoms with van der Waals surface area (Å²) >= 11 is 0. The Morgan fingerprint density at radius 1 is 0.792 bits per heavy atom. The highest BCUT2D eigenvalue weighted by atomic mass is 16.5. The largest absolute Gasteiger partial charge is 0.508 e. The van der Waals surface area contributed by atoms with Gasteiger partial charge in [-0.05, 0) is 35.4 Å². The van der Waals surface area contributed by atoms with Crippen molar-refractivity contribution >= 4 is 5.69 Å². The second kappa shape index (κ2) is 7.42.